The molecule has 1 fully saturated rings. The van der Waals surface area contributed by atoms with Crippen molar-refractivity contribution < 1.29 is 27.8 Å². The maximum absolute atomic E-state index is 12.1. The first-order chi connectivity index (χ1) is 10.8. The minimum absolute atomic E-state index is 0.0988. The summed E-state index contributed by atoms with van der Waals surface area (Å²) in [5.41, 5.74) is 0.612. The molecule has 0 aliphatic heterocycles. The van der Waals surface area contributed by atoms with E-state index in [0.717, 1.165) is 19.3 Å². The average molecular weight is 331 g/mol. The van der Waals surface area contributed by atoms with E-state index in [1.165, 1.54) is 24.3 Å². The number of amides is 1. The molecule has 0 radical (unpaired) electrons. The second-order valence-electron chi connectivity index (χ2n) is 5.86. The van der Waals surface area contributed by atoms with Crippen LogP contribution in [0.2, 0.25) is 0 Å². The fourth-order valence-electron chi connectivity index (χ4n) is 2.76. The Hall–Kier alpha value is -1.76. The number of aliphatic hydroxyl groups is 1. The van der Waals surface area contributed by atoms with Crippen LogP contribution < -0.4 is 10.1 Å². The van der Waals surface area contributed by atoms with E-state index in [9.17, 15) is 23.1 Å². The lowest BCUT2D eigenvalue weighted by atomic mass is 9.87. The number of hydrogen-bond acceptors (Lipinski definition) is 3. The molecule has 2 rings (SSSR count). The predicted octanol–water partition coefficient (Wildman–Crippen LogP) is 2.80. The molecule has 1 saturated carbocycles. The van der Waals surface area contributed by atoms with Crippen molar-refractivity contribution in [3.05, 3.63) is 29.8 Å². The second-order valence-corrected chi connectivity index (χ2v) is 5.86. The van der Waals surface area contributed by atoms with Gasteiger partial charge in [0.25, 0.3) is 0 Å². The van der Waals surface area contributed by atoms with E-state index >= 15 is 0 Å². The molecule has 1 aliphatic carbocycles. The number of aliphatic hydroxyl groups excluding tert-OH is 1. The molecule has 0 bridgehead atoms. The summed E-state index contributed by atoms with van der Waals surface area (Å²) in [7, 11) is 0. The summed E-state index contributed by atoms with van der Waals surface area (Å²) >= 11 is 0. The number of rotatable bonds is 5. The van der Waals surface area contributed by atoms with E-state index in [4.69, 9.17) is 0 Å². The summed E-state index contributed by atoms with van der Waals surface area (Å²) < 4.78 is 39.9. The summed E-state index contributed by atoms with van der Waals surface area (Å²) in [6.07, 6.45) is -1.44. The number of carbonyl (C=O) groups excluding carboxylic acids is 1. The van der Waals surface area contributed by atoms with Crippen LogP contribution in [0.3, 0.4) is 0 Å². The standard InChI is InChI=1S/C16H20F3NO3/c17-16(18,19)23-14-6-4-11(5-7-14)9-15(22)20-10-12-2-1-3-13(21)8-12/h4-7,12-13,21H,1-3,8-10H2,(H,20,22). The fraction of sp³-hybridized carbons (Fsp3) is 0.562. The smallest absolute Gasteiger partial charge is 0.406 e. The van der Waals surface area contributed by atoms with Crippen molar-refractivity contribution in [1.82, 2.24) is 5.32 Å². The van der Waals surface area contributed by atoms with Crippen LogP contribution in [0.4, 0.5) is 13.2 Å². The maximum atomic E-state index is 12.1. The van der Waals surface area contributed by atoms with Gasteiger partial charge < -0.3 is 15.2 Å². The molecule has 1 aromatic carbocycles. The molecule has 0 heterocycles. The lowest BCUT2D eigenvalue weighted by molar-refractivity contribution is -0.274. The minimum Gasteiger partial charge on any atom is -0.406 e. The van der Waals surface area contributed by atoms with Crippen molar-refractivity contribution in [2.24, 2.45) is 5.92 Å². The Morgan fingerprint density at radius 2 is 1.96 bits per heavy atom. The van der Waals surface area contributed by atoms with Gasteiger partial charge in [0.2, 0.25) is 5.91 Å². The predicted molar refractivity (Wildman–Crippen MR) is 77.8 cm³/mol. The molecule has 2 atom stereocenters. The van der Waals surface area contributed by atoms with Crippen LogP contribution in [0.5, 0.6) is 5.75 Å². The van der Waals surface area contributed by atoms with E-state index < -0.39 is 6.36 Å². The third-order valence-electron chi connectivity index (χ3n) is 3.86. The summed E-state index contributed by atoms with van der Waals surface area (Å²) in [6, 6.07) is 5.25. The van der Waals surface area contributed by atoms with Crippen LogP contribution >= 0.6 is 0 Å². The molecular weight excluding hydrogens is 311 g/mol. The van der Waals surface area contributed by atoms with Crippen molar-refractivity contribution in [2.45, 2.75) is 44.6 Å². The lowest BCUT2D eigenvalue weighted by Gasteiger charge is -2.25. The highest BCUT2D eigenvalue weighted by atomic mass is 19.4. The van der Waals surface area contributed by atoms with Gasteiger partial charge in [-0.15, -0.1) is 13.2 Å². The quantitative estimate of drug-likeness (QED) is 0.872. The van der Waals surface area contributed by atoms with Crippen molar-refractivity contribution in [3.8, 4) is 5.75 Å². The Labute approximate surface area is 132 Å². The SMILES string of the molecule is O=C(Cc1ccc(OC(F)(F)F)cc1)NCC1CCCC(O)C1. The normalized spacial score (nSPS) is 21.7. The number of benzene rings is 1. The van der Waals surface area contributed by atoms with Crippen LogP contribution in [0.1, 0.15) is 31.2 Å². The average Bonchev–Trinajstić information content (AvgIpc) is 2.46. The molecular formula is C16H20F3NO3. The molecule has 0 spiro atoms. The van der Waals surface area contributed by atoms with Gasteiger partial charge in [0, 0.05) is 6.54 Å². The summed E-state index contributed by atoms with van der Waals surface area (Å²) in [4.78, 5) is 11.9. The third kappa shape index (κ3) is 6.48. The zero-order valence-corrected chi connectivity index (χ0v) is 12.6. The first-order valence-corrected chi connectivity index (χ1v) is 7.61. The summed E-state index contributed by atoms with van der Waals surface area (Å²) in [5, 5.41) is 12.4. The highest BCUT2D eigenvalue weighted by molar-refractivity contribution is 5.78. The lowest BCUT2D eigenvalue weighted by Crippen LogP contribution is -2.33. The minimum atomic E-state index is -4.72. The number of nitrogens with one attached hydrogen (secondary N) is 1. The Morgan fingerprint density at radius 1 is 1.26 bits per heavy atom. The molecule has 0 saturated heterocycles. The van der Waals surface area contributed by atoms with Gasteiger partial charge in [0.05, 0.1) is 12.5 Å². The number of hydrogen-bond donors (Lipinski definition) is 2. The summed E-state index contributed by atoms with van der Waals surface area (Å²) in [6.45, 7) is 0.519. The van der Waals surface area contributed by atoms with Crippen molar-refractivity contribution in [3.63, 3.8) is 0 Å². The van der Waals surface area contributed by atoms with E-state index in [2.05, 4.69) is 10.1 Å². The molecule has 7 heteroatoms. The van der Waals surface area contributed by atoms with E-state index in [0.29, 0.717) is 18.5 Å². The van der Waals surface area contributed by atoms with Crippen molar-refractivity contribution in [2.75, 3.05) is 6.54 Å². The molecule has 1 aromatic rings. The number of alkyl halides is 3. The molecule has 2 unspecified atom stereocenters. The monoisotopic (exact) mass is 331 g/mol. The number of halogens is 3. The van der Waals surface area contributed by atoms with Gasteiger partial charge in [0.1, 0.15) is 5.75 Å². The van der Waals surface area contributed by atoms with Crippen LogP contribution in [-0.2, 0) is 11.2 Å². The molecule has 0 aromatic heterocycles. The Bertz CT molecular complexity index is 516. The van der Waals surface area contributed by atoms with Gasteiger partial charge >= 0.3 is 6.36 Å². The van der Waals surface area contributed by atoms with Gasteiger partial charge in [-0.05, 0) is 42.9 Å². The van der Waals surface area contributed by atoms with Gasteiger partial charge in [-0.1, -0.05) is 18.6 Å². The van der Waals surface area contributed by atoms with Crippen molar-refractivity contribution in [1.29, 1.82) is 0 Å². The third-order valence-corrected chi connectivity index (χ3v) is 3.86. The first-order valence-electron chi connectivity index (χ1n) is 7.61. The number of ether oxygens (including phenoxy) is 1. The maximum Gasteiger partial charge on any atom is 0.573 e. The second kappa shape index (κ2) is 7.68. The fourth-order valence-corrected chi connectivity index (χ4v) is 2.76. The summed E-state index contributed by atoms with van der Waals surface area (Å²) in [5.74, 6) is -0.210. The molecule has 2 N–H and O–H groups in total. The molecule has 128 valence electrons. The number of carbonyl (C=O) groups is 1. The van der Waals surface area contributed by atoms with Gasteiger partial charge in [-0.25, -0.2) is 0 Å². The molecule has 1 aliphatic rings. The Balaban J connectivity index is 1.76. The zero-order chi connectivity index (χ0) is 16.9. The molecule has 23 heavy (non-hydrogen) atoms. The largest absolute Gasteiger partial charge is 0.573 e. The highest BCUT2D eigenvalue weighted by Crippen LogP contribution is 2.24. The highest BCUT2D eigenvalue weighted by Gasteiger charge is 2.31. The van der Waals surface area contributed by atoms with E-state index in [1.54, 1.807) is 0 Å². The molecule has 1 amide bonds. The zero-order valence-electron chi connectivity index (χ0n) is 12.6. The van der Waals surface area contributed by atoms with Gasteiger partial charge in [-0.2, -0.15) is 0 Å². The van der Waals surface area contributed by atoms with Crippen LogP contribution in [-0.4, -0.2) is 30.0 Å². The van der Waals surface area contributed by atoms with Gasteiger partial charge in [-0.3, -0.25) is 4.79 Å². The Morgan fingerprint density at radius 3 is 2.57 bits per heavy atom. The van der Waals surface area contributed by atoms with Crippen LogP contribution in [0, 0.1) is 5.92 Å². The molecule has 4 nitrogen and oxygen atoms in total. The topological polar surface area (TPSA) is 58.6 Å². The van der Waals surface area contributed by atoms with E-state index in [1.807, 2.05) is 0 Å². The van der Waals surface area contributed by atoms with Gasteiger partial charge in [0.15, 0.2) is 0 Å². The first kappa shape index (κ1) is 17.6. The van der Waals surface area contributed by atoms with E-state index in [-0.39, 0.29) is 30.1 Å². The van der Waals surface area contributed by atoms with Crippen molar-refractivity contribution >= 4 is 5.91 Å². The Kier molecular flexibility index (Phi) is 5.87. The van der Waals surface area contributed by atoms with Crippen LogP contribution in [0.15, 0.2) is 24.3 Å². The van der Waals surface area contributed by atoms with Crippen LogP contribution in [0.25, 0.3) is 0 Å².